The fourth-order valence-corrected chi connectivity index (χ4v) is 6.42. The van der Waals surface area contributed by atoms with Gasteiger partial charge in [0.1, 0.15) is 6.04 Å². The number of halogens is 1. The quantitative estimate of drug-likeness (QED) is 0.615. The summed E-state index contributed by atoms with van der Waals surface area (Å²) in [7, 11) is -1.81. The molecule has 2 fully saturated rings. The van der Waals surface area contributed by atoms with Crippen molar-refractivity contribution in [3.63, 3.8) is 0 Å². The molecule has 36 heavy (non-hydrogen) atoms. The zero-order valence-corrected chi connectivity index (χ0v) is 22.3. The summed E-state index contributed by atoms with van der Waals surface area (Å²) in [5, 5.41) is 3.68. The fourth-order valence-electron chi connectivity index (χ4n) is 4.82. The summed E-state index contributed by atoms with van der Waals surface area (Å²) in [6.07, 6.45) is 2.45. The van der Waals surface area contributed by atoms with Gasteiger partial charge in [-0.1, -0.05) is 41.4 Å². The highest BCUT2D eigenvalue weighted by atomic mass is 35.5. The van der Waals surface area contributed by atoms with Crippen molar-refractivity contribution >= 4 is 33.6 Å². The van der Waals surface area contributed by atoms with Crippen molar-refractivity contribution in [3.8, 4) is 0 Å². The monoisotopic (exact) mass is 532 g/mol. The first-order valence-electron chi connectivity index (χ1n) is 12.3. The van der Waals surface area contributed by atoms with Crippen molar-refractivity contribution < 1.29 is 18.0 Å². The minimum atomic E-state index is -3.55. The number of likely N-dealkylation sites (tertiary alicyclic amines) is 1. The molecule has 0 unspecified atom stereocenters. The number of piperidine rings is 1. The first kappa shape index (κ1) is 26.4. The third-order valence-electron chi connectivity index (χ3n) is 6.95. The highest BCUT2D eigenvalue weighted by Crippen LogP contribution is 2.23. The van der Waals surface area contributed by atoms with Crippen LogP contribution in [0.3, 0.4) is 0 Å². The Labute approximate surface area is 218 Å². The van der Waals surface area contributed by atoms with Gasteiger partial charge < -0.3 is 15.1 Å². The van der Waals surface area contributed by atoms with Crippen LogP contribution < -0.4 is 5.32 Å². The smallest absolute Gasteiger partial charge is 0.318 e. The predicted octanol–water partition coefficient (Wildman–Crippen LogP) is 3.63. The van der Waals surface area contributed by atoms with E-state index in [1.54, 1.807) is 53.2 Å². The highest BCUT2D eigenvalue weighted by molar-refractivity contribution is 7.89. The maximum atomic E-state index is 13.1. The molecule has 2 aromatic carbocycles. The second-order valence-corrected chi connectivity index (χ2v) is 12.0. The Morgan fingerprint density at radius 3 is 2.28 bits per heavy atom. The number of nitrogens with one attached hydrogen (secondary N) is 1. The van der Waals surface area contributed by atoms with Crippen molar-refractivity contribution in [2.45, 2.75) is 56.1 Å². The summed E-state index contributed by atoms with van der Waals surface area (Å²) < 4.78 is 27.4. The normalized spacial score (nSPS) is 19.3. The topological polar surface area (TPSA) is 90.0 Å². The summed E-state index contributed by atoms with van der Waals surface area (Å²) in [6, 6.07) is 13.3. The van der Waals surface area contributed by atoms with E-state index in [0.717, 1.165) is 17.5 Å². The summed E-state index contributed by atoms with van der Waals surface area (Å²) in [6.45, 7) is 3.56. The number of nitrogens with zero attached hydrogens (tertiary/aromatic N) is 3. The molecule has 2 saturated heterocycles. The van der Waals surface area contributed by atoms with Crippen molar-refractivity contribution in [1.82, 2.24) is 19.4 Å². The van der Waals surface area contributed by atoms with E-state index in [0.29, 0.717) is 50.5 Å². The second kappa shape index (κ2) is 11.2. The average molecular weight is 533 g/mol. The molecular formula is C26H33ClN4O4S. The molecule has 4 rings (SSSR count). The molecule has 0 aliphatic carbocycles. The fraction of sp³-hybridized carbons (Fsp3) is 0.462. The Hall–Kier alpha value is -2.62. The van der Waals surface area contributed by atoms with E-state index < -0.39 is 16.1 Å². The second-order valence-electron chi connectivity index (χ2n) is 9.61. The molecule has 194 valence electrons. The van der Waals surface area contributed by atoms with E-state index in [1.165, 1.54) is 4.31 Å². The lowest BCUT2D eigenvalue weighted by Crippen LogP contribution is -2.53. The number of aryl methyl sites for hydroxylation is 1. The van der Waals surface area contributed by atoms with E-state index in [9.17, 15) is 18.0 Å². The number of carbonyl (C=O) groups is 2. The van der Waals surface area contributed by atoms with Gasteiger partial charge >= 0.3 is 6.03 Å². The van der Waals surface area contributed by atoms with Crippen LogP contribution in [0.2, 0.25) is 5.02 Å². The van der Waals surface area contributed by atoms with Crippen LogP contribution >= 0.6 is 11.6 Å². The molecule has 0 spiro atoms. The van der Waals surface area contributed by atoms with Gasteiger partial charge in [-0.2, -0.15) is 4.31 Å². The van der Waals surface area contributed by atoms with Gasteiger partial charge in [0.15, 0.2) is 0 Å². The number of benzene rings is 2. The molecule has 2 aromatic rings. The number of likely N-dealkylation sites (N-methyl/N-ethyl adjacent to an activating group) is 1. The Morgan fingerprint density at radius 1 is 1.00 bits per heavy atom. The molecule has 1 N–H and O–H groups in total. The van der Waals surface area contributed by atoms with Crippen LogP contribution in [0.4, 0.5) is 4.79 Å². The van der Waals surface area contributed by atoms with E-state index >= 15 is 0 Å². The van der Waals surface area contributed by atoms with Crippen LogP contribution in [0.1, 0.15) is 36.8 Å². The molecule has 2 aliphatic rings. The van der Waals surface area contributed by atoms with Crippen LogP contribution in [0.15, 0.2) is 53.4 Å². The van der Waals surface area contributed by atoms with Crippen molar-refractivity contribution in [2.75, 3.05) is 26.7 Å². The maximum absolute atomic E-state index is 13.1. The van der Waals surface area contributed by atoms with Gasteiger partial charge in [0, 0.05) is 44.3 Å². The molecule has 0 radical (unpaired) electrons. The van der Waals surface area contributed by atoms with Crippen LogP contribution in [-0.2, 0) is 21.4 Å². The maximum Gasteiger partial charge on any atom is 0.318 e. The largest absolute Gasteiger partial charge is 0.340 e. The first-order valence-corrected chi connectivity index (χ1v) is 14.1. The molecule has 10 heteroatoms. The minimum Gasteiger partial charge on any atom is -0.340 e. The summed E-state index contributed by atoms with van der Waals surface area (Å²) in [4.78, 5) is 29.8. The Morgan fingerprint density at radius 2 is 1.64 bits per heavy atom. The van der Waals surface area contributed by atoms with Gasteiger partial charge in [0.05, 0.1) is 4.90 Å². The van der Waals surface area contributed by atoms with Crippen LogP contribution in [0, 0.1) is 6.92 Å². The lowest BCUT2D eigenvalue weighted by atomic mass is 10.1. The lowest BCUT2D eigenvalue weighted by molar-refractivity contribution is -0.134. The van der Waals surface area contributed by atoms with Crippen LogP contribution in [0.25, 0.3) is 0 Å². The zero-order valence-electron chi connectivity index (χ0n) is 20.7. The van der Waals surface area contributed by atoms with Crippen LogP contribution in [-0.4, -0.2) is 73.2 Å². The molecule has 3 amide bonds. The van der Waals surface area contributed by atoms with Gasteiger partial charge in [0.2, 0.25) is 15.9 Å². The standard InChI is InChI=1S/C26H33ClN4O4S/c1-19-5-11-23(12-6-19)36(34,35)30-16-13-22(14-17-30)28-26(33)31-15-3-4-24(31)25(32)29(2)18-20-7-9-21(27)10-8-20/h5-12,22,24H,3-4,13-18H2,1-2H3,(H,28,33)/t24-/m1/s1. The molecule has 8 nitrogen and oxygen atoms in total. The molecule has 0 saturated carbocycles. The Balaban J connectivity index is 1.30. The number of urea groups is 1. The first-order chi connectivity index (χ1) is 17.1. The number of carbonyl (C=O) groups excluding carboxylic acids is 2. The average Bonchev–Trinajstić information content (AvgIpc) is 3.36. The minimum absolute atomic E-state index is 0.0865. The summed E-state index contributed by atoms with van der Waals surface area (Å²) in [5.41, 5.74) is 1.97. The number of hydrogen-bond donors (Lipinski definition) is 1. The highest BCUT2D eigenvalue weighted by Gasteiger charge is 2.37. The van der Waals surface area contributed by atoms with Crippen LogP contribution in [0.5, 0.6) is 0 Å². The van der Waals surface area contributed by atoms with Gasteiger partial charge in [-0.15, -0.1) is 0 Å². The predicted molar refractivity (Wildman–Crippen MR) is 139 cm³/mol. The SMILES string of the molecule is Cc1ccc(S(=O)(=O)N2CCC(NC(=O)N3CCC[C@@H]3C(=O)N(C)Cc3ccc(Cl)cc3)CC2)cc1. The van der Waals surface area contributed by atoms with E-state index in [1.807, 2.05) is 19.1 Å². The molecule has 2 heterocycles. The lowest BCUT2D eigenvalue weighted by Gasteiger charge is -2.34. The molecule has 0 bridgehead atoms. The molecule has 2 aliphatic heterocycles. The third-order valence-corrected chi connectivity index (χ3v) is 9.11. The number of sulfonamides is 1. The van der Waals surface area contributed by atoms with Gasteiger partial charge in [0.25, 0.3) is 0 Å². The zero-order chi connectivity index (χ0) is 25.9. The van der Waals surface area contributed by atoms with Gasteiger partial charge in [-0.3, -0.25) is 4.79 Å². The molecule has 0 aromatic heterocycles. The Kier molecular flexibility index (Phi) is 8.22. The molecule has 1 atom stereocenters. The van der Waals surface area contributed by atoms with Gasteiger partial charge in [-0.05, 0) is 62.4 Å². The number of hydrogen-bond acceptors (Lipinski definition) is 4. The van der Waals surface area contributed by atoms with Crippen molar-refractivity contribution in [1.29, 1.82) is 0 Å². The summed E-state index contributed by atoms with van der Waals surface area (Å²) >= 11 is 5.95. The molecular weight excluding hydrogens is 500 g/mol. The Bertz CT molecular complexity index is 1180. The summed E-state index contributed by atoms with van der Waals surface area (Å²) in [5.74, 6) is -0.0865. The van der Waals surface area contributed by atoms with Crippen molar-refractivity contribution in [3.05, 3.63) is 64.7 Å². The number of amides is 3. The number of rotatable bonds is 6. The van der Waals surface area contributed by atoms with Crippen molar-refractivity contribution in [2.24, 2.45) is 0 Å². The van der Waals surface area contributed by atoms with E-state index in [2.05, 4.69) is 5.32 Å². The third kappa shape index (κ3) is 6.02. The van der Waals surface area contributed by atoms with Gasteiger partial charge in [-0.25, -0.2) is 13.2 Å². The van der Waals surface area contributed by atoms with E-state index in [4.69, 9.17) is 11.6 Å². The van der Waals surface area contributed by atoms with E-state index in [-0.39, 0.29) is 22.9 Å².